The fourth-order valence-electron chi connectivity index (χ4n) is 7.42. The molecule has 1 N–H and O–H groups in total. The Balaban J connectivity index is 1.19. The molecule has 172 valence electrons. The molecule has 1 saturated heterocycles. The lowest BCUT2D eigenvalue weighted by Gasteiger charge is -2.46. The van der Waals surface area contributed by atoms with Crippen LogP contribution in [0.15, 0.2) is 36.7 Å². The molecule has 2 aliphatic carbocycles. The molecular weight excluding hydrogens is 396 g/mol. The largest absolute Gasteiger partial charge is 0.375 e. The molecule has 5 nitrogen and oxygen atoms in total. The van der Waals surface area contributed by atoms with Crippen molar-refractivity contribution in [1.29, 1.82) is 0 Å². The summed E-state index contributed by atoms with van der Waals surface area (Å²) in [6.07, 6.45) is 17.6. The molecule has 4 aliphatic rings. The average Bonchev–Trinajstić information content (AvgIpc) is 3.51. The number of pyridine rings is 1. The molecule has 4 heterocycles. The maximum atomic E-state index is 6.43. The summed E-state index contributed by atoms with van der Waals surface area (Å²) in [5.41, 5.74) is 3.30. The molecule has 3 atom stereocenters. The zero-order chi connectivity index (χ0) is 21.7. The summed E-state index contributed by atoms with van der Waals surface area (Å²) in [6.45, 7) is 4.35. The van der Waals surface area contributed by atoms with Gasteiger partial charge in [0, 0.05) is 30.1 Å². The SMILES string of the molecule is CC1(C2CC(NCCC3(c4ccccn4)CCOC4(CCCC4)C3)c3ccnn32)CCC1. The van der Waals surface area contributed by atoms with Gasteiger partial charge in [0.2, 0.25) is 0 Å². The summed E-state index contributed by atoms with van der Waals surface area (Å²) in [5, 5.41) is 8.70. The third-order valence-corrected chi connectivity index (χ3v) is 9.48. The minimum Gasteiger partial charge on any atom is -0.375 e. The van der Waals surface area contributed by atoms with Crippen molar-refractivity contribution >= 4 is 0 Å². The molecular formula is C27H38N4O. The van der Waals surface area contributed by atoms with Gasteiger partial charge in [-0.25, -0.2) is 0 Å². The van der Waals surface area contributed by atoms with Gasteiger partial charge in [0.1, 0.15) is 0 Å². The molecule has 0 radical (unpaired) electrons. The lowest BCUT2D eigenvalue weighted by atomic mass is 9.65. The molecule has 2 aromatic heterocycles. The molecule has 3 fully saturated rings. The fraction of sp³-hybridized carbons (Fsp3) is 0.704. The third-order valence-electron chi connectivity index (χ3n) is 9.48. The normalized spacial score (nSPS) is 32.7. The third kappa shape index (κ3) is 3.43. The molecule has 2 saturated carbocycles. The molecule has 2 aliphatic heterocycles. The molecule has 1 spiro atoms. The minimum absolute atomic E-state index is 0.0889. The predicted octanol–water partition coefficient (Wildman–Crippen LogP) is 5.50. The first-order chi connectivity index (χ1) is 15.6. The van der Waals surface area contributed by atoms with E-state index in [0.29, 0.717) is 17.5 Å². The van der Waals surface area contributed by atoms with Gasteiger partial charge in [0.15, 0.2) is 0 Å². The van der Waals surface area contributed by atoms with Gasteiger partial charge in [0.25, 0.3) is 0 Å². The monoisotopic (exact) mass is 434 g/mol. The van der Waals surface area contributed by atoms with Crippen molar-refractivity contribution in [2.45, 2.75) is 101 Å². The highest BCUT2D eigenvalue weighted by molar-refractivity contribution is 5.21. The van der Waals surface area contributed by atoms with Crippen molar-refractivity contribution in [1.82, 2.24) is 20.1 Å². The van der Waals surface area contributed by atoms with Crippen molar-refractivity contribution in [3.63, 3.8) is 0 Å². The zero-order valence-electron chi connectivity index (χ0n) is 19.6. The van der Waals surface area contributed by atoms with Crippen LogP contribution in [-0.2, 0) is 10.2 Å². The Morgan fingerprint density at radius 3 is 2.69 bits per heavy atom. The van der Waals surface area contributed by atoms with E-state index in [9.17, 15) is 0 Å². The summed E-state index contributed by atoms with van der Waals surface area (Å²) in [7, 11) is 0. The second-order valence-electron chi connectivity index (χ2n) is 11.4. The van der Waals surface area contributed by atoms with Gasteiger partial charge >= 0.3 is 0 Å². The van der Waals surface area contributed by atoms with Crippen LogP contribution in [0.4, 0.5) is 0 Å². The van der Waals surface area contributed by atoms with Crippen LogP contribution in [0, 0.1) is 5.41 Å². The maximum Gasteiger partial charge on any atom is 0.0691 e. The van der Waals surface area contributed by atoms with Gasteiger partial charge in [-0.3, -0.25) is 9.67 Å². The second-order valence-corrected chi connectivity index (χ2v) is 11.4. The second kappa shape index (κ2) is 7.95. The van der Waals surface area contributed by atoms with Gasteiger partial charge in [-0.1, -0.05) is 32.3 Å². The van der Waals surface area contributed by atoms with E-state index in [1.807, 2.05) is 18.5 Å². The van der Waals surface area contributed by atoms with Crippen molar-refractivity contribution < 1.29 is 4.74 Å². The first-order valence-corrected chi connectivity index (χ1v) is 12.9. The number of ether oxygens (including phenoxy) is 1. The van der Waals surface area contributed by atoms with Gasteiger partial charge in [-0.15, -0.1) is 0 Å². The highest BCUT2D eigenvalue weighted by Crippen LogP contribution is 2.55. The Labute approximate surface area is 192 Å². The Hall–Kier alpha value is -1.72. The van der Waals surface area contributed by atoms with E-state index >= 15 is 0 Å². The Morgan fingerprint density at radius 1 is 1.06 bits per heavy atom. The summed E-state index contributed by atoms with van der Waals surface area (Å²) in [5.74, 6) is 0. The van der Waals surface area contributed by atoms with Crippen molar-refractivity contribution in [2.75, 3.05) is 13.2 Å². The number of fused-ring (bicyclic) bond motifs is 1. The Morgan fingerprint density at radius 2 is 1.94 bits per heavy atom. The summed E-state index contributed by atoms with van der Waals surface area (Å²) < 4.78 is 8.77. The van der Waals surface area contributed by atoms with Gasteiger partial charge in [-0.2, -0.15) is 5.10 Å². The summed E-state index contributed by atoms with van der Waals surface area (Å²) >= 11 is 0. The molecule has 32 heavy (non-hydrogen) atoms. The van der Waals surface area contributed by atoms with Crippen LogP contribution in [0.1, 0.15) is 101 Å². The molecule has 3 unspecified atom stereocenters. The quantitative estimate of drug-likeness (QED) is 0.653. The first-order valence-electron chi connectivity index (χ1n) is 12.9. The van der Waals surface area contributed by atoms with Crippen LogP contribution >= 0.6 is 0 Å². The molecule has 0 amide bonds. The van der Waals surface area contributed by atoms with Gasteiger partial charge in [0.05, 0.1) is 23.4 Å². The van der Waals surface area contributed by atoms with Crippen molar-refractivity contribution in [3.8, 4) is 0 Å². The van der Waals surface area contributed by atoms with Crippen LogP contribution in [0.5, 0.6) is 0 Å². The van der Waals surface area contributed by atoms with Crippen molar-refractivity contribution in [2.24, 2.45) is 5.41 Å². The van der Waals surface area contributed by atoms with E-state index in [2.05, 4.69) is 35.1 Å². The standard InChI is InChI=1S/C27H38N4O/c1-25(9-6-10-25)24-19-21(22-8-16-30-31(22)24)28-17-13-26(23-7-2-5-15-29-23)14-18-32-27(20-26)11-3-4-12-27/h2,5,7-8,15-16,21,24,28H,3-4,6,9-14,17-20H2,1H3. The van der Waals surface area contributed by atoms with Crippen LogP contribution < -0.4 is 5.32 Å². The van der Waals surface area contributed by atoms with Crippen LogP contribution in [0.2, 0.25) is 0 Å². The van der Waals surface area contributed by atoms with Crippen molar-refractivity contribution in [3.05, 3.63) is 48.0 Å². The number of hydrogen-bond acceptors (Lipinski definition) is 4. The Kier molecular flexibility index (Phi) is 5.18. The van der Waals surface area contributed by atoms with E-state index in [-0.39, 0.29) is 11.0 Å². The number of nitrogens with zero attached hydrogens (tertiary/aromatic N) is 3. The number of hydrogen-bond donors (Lipinski definition) is 1. The molecule has 0 bridgehead atoms. The molecule has 0 aromatic carbocycles. The fourth-order valence-corrected chi connectivity index (χ4v) is 7.42. The molecule has 2 aromatic rings. The molecule has 6 rings (SSSR count). The average molecular weight is 435 g/mol. The Bertz CT molecular complexity index is 930. The number of nitrogens with one attached hydrogen (secondary N) is 1. The predicted molar refractivity (Wildman–Crippen MR) is 125 cm³/mol. The van der Waals surface area contributed by atoms with E-state index in [1.54, 1.807) is 0 Å². The smallest absolute Gasteiger partial charge is 0.0691 e. The topological polar surface area (TPSA) is 52.0 Å². The lowest BCUT2D eigenvalue weighted by Crippen LogP contribution is -2.47. The number of aromatic nitrogens is 3. The van der Waals surface area contributed by atoms with Crippen LogP contribution in [0.25, 0.3) is 0 Å². The van der Waals surface area contributed by atoms with Crippen LogP contribution in [0.3, 0.4) is 0 Å². The number of rotatable bonds is 6. The van der Waals surface area contributed by atoms with E-state index in [4.69, 9.17) is 14.8 Å². The van der Waals surface area contributed by atoms with Gasteiger partial charge < -0.3 is 10.1 Å². The van der Waals surface area contributed by atoms with E-state index in [0.717, 1.165) is 32.4 Å². The highest BCUT2D eigenvalue weighted by atomic mass is 16.5. The zero-order valence-corrected chi connectivity index (χ0v) is 19.6. The first kappa shape index (κ1) is 20.9. The minimum atomic E-state index is 0.0889. The van der Waals surface area contributed by atoms with E-state index < -0.39 is 0 Å². The van der Waals surface area contributed by atoms with Gasteiger partial charge in [-0.05, 0) is 81.5 Å². The van der Waals surface area contributed by atoms with E-state index in [1.165, 1.54) is 62.8 Å². The van der Waals surface area contributed by atoms with Crippen LogP contribution in [-0.4, -0.2) is 33.5 Å². The summed E-state index contributed by atoms with van der Waals surface area (Å²) in [6, 6.07) is 9.66. The highest BCUT2D eigenvalue weighted by Gasteiger charge is 2.49. The summed E-state index contributed by atoms with van der Waals surface area (Å²) in [4.78, 5) is 4.87. The maximum absolute atomic E-state index is 6.43. The molecule has 5 heteroatoms. The lowest BCUT2D eigenvalue weighted by molar-refractivity contribution is -0.104.